The van der Waals surface area contributed by atoms with Crippen molar-refractivity contribution in [2.75, 3.05) is 0 Å². The maximum absolute atomic E-state index is 12.9. The van der Waals surface area contributed by atoms with Gasteiger partial charge in [0.25, 0.3) is 0 Å². The summed E-state index contributed by atoms with van der Waals surface area (Å²) >= 11 is 0. The van der Waals surface area contributed by atoms with Crippen LogP contribution in [-0.4, -0.2) is 38.9 Å². The van der Waals surface area contributed by atoms with E-state index in [1.54, 1.807) is 24.8 Å². The van der Waals surface area contributed by atoms with Gasteiger partial charge in [-0.1, -0.05) is 12.1 Å². The molecule has 3 rings (SSSR count). The number of carbonyl (C=O) groups is 1. The fourth-order valence-corrected chi connectivity index (χ4v) is 3.56. The number of nitrogens with one attached hydrogen (secondary N) is 2. The van der Waals surface area contributed by atoms with Gasteiger partial charge < -0.3 is 9.97 Å². The van der Waals surface area contributed by atoms with E-state index in [1.165, 1.54) is 28.6 Å². The fraction of sp³-hybridized carbons (Fsp3) is 0.133. The predicted octanol–water partition coefficient (Wildman–Crippen LogP) is 1.34. The summed E-state index contributed by atoms with van der Waals surface area (Å²) in [6.45, 7) is 0.150. The van der Waals surface area contributed by atoms with E-state index in [0.717, 1.165) is 0 Å². The average molecular weight is 345 g/mol. The molecule has 0 aliphatic heterocycles. The maximum atomic E-state index is 12.9. The Hall–Kier alpha value is -2.78. The number of hydrogen-bond donors (Lipinski definition) is 2. The van der Waals surface area contributed by atoms with Crippen LogP contribution < -0.4 is 0 Å². The molecule has 24 heavy (non-hydrogen) atoms. The first kappa shape index (κ1) is 16.1. The van der Waals surface area contributed by atoms with Gasteiger partial charge in [-0.05, 0) is 12.1 Å². The molecule has 0 amide bonds. The molecular weight excluding hydrogens is 330 g/mol. The topological polar surface area (TPSA) is 112 Å². The number of nitrogens with zero attached hydrogens (tertiary/aromatic N) is 3. The van der Waals surface area contributed by atoms with Crippen LogP contribution in [0.3, 0.4) is 0 Å². The Kier molecular flexibility index (Phi) is 4.54. The lowest BCUT2D eigenvalue weighted by atomic mass is 10.2. The summed E-state index contributed by atoms with van der Waals surface area (Å²) in [6, 6.07) is 5.77. The molecule has 0 spiro atoms. The molecule has 1 aromatic carbocycles. The first-order chi connectivity index (χ1) is 11.6. The second-order valence-corrected chi connectivity index (χ2v) is 6.97. The molecule has 0 saturated heterocycles. The number of aldehydes is 1. The monoisotopic (exact) mass is 345 g/mol. The van der Waals surface area contributed by atoms with Crippen LogP contribution in [0.25, 0.3) is 0 Å². The molecule has 2 N–H and O–H groups in total. The molecule has 0 aliphatic carbocycles. The minimum absolute atomic E-state index is 0.0749. The van der Waals surface area contributed by atoms with Crippen molar-refractivity contribution >= 4 is 16.3 Å². The summed E-state index contributed by atoms with van der Waals surface area (Å²) < 4.78 is 27.1. The van der Waals surface area contributed by atoms with Crippen LogP contribution in [0.1, 0.15) is 22.0 Å². The smallest absolute Gasteiger partial charge is 0.243 e. The van der Waals surface area contributed by atoms with Gasteiger partial charge in [0.05, 0.1) is 18.0 Å². The zero-order chi connectivity index (χ0) is 17.0. The number of benzene rings is 1. The van der Waals surface area contributed by atoms with Crippen molar-refractivity contribution in [3.63, 3.8) is 0 Å². The summed E-state index contributed by atoms with van der Waals surface area (Å²) in [6.07, 6.45) is 7.05. The molecule has 124 valence electrons. The van der Waals surface area contributed by atoms with Gasteiger partial charge >= 0.3 is 0 Å². The van der Waals surface area contributed by atoms with Crippen LogP contribution in [0.15, 0.2) is 53.9 Å². The molecule has 0 radical (unpaired) electrons. The first-order valence-corrected chi connectivity index (χ1v) is 8.55. The predicted molar refractivity (Wildman–Crippen MR) is 85.4 cm³/mol. The summed E-state index contributed by atoms with van der Waals surface area (Å²) in [5.41, 5.74) is 0.414. The van der Waals surface area contributed by atoms with E-state index in [4.69, 9.17) is 0 Å². The van der Waals surface area contributed by atoms with E-state index < -0.39 is 10.0 Å². The Labute approximate surface area is 138 Å². The number of H-pyrrole nitrogens is 2. The largest absolute Gasteiger partial charge is 0.347 e. The van der Waals surface area contributed by atoms with E-state index in [1.807, 2.05) is 0 Å². The zero-order valence-corrected chi connectivity index (χ0v) is 13.4. The lowest BCUT2D eigenvalue weighted by Crippen LogP contribution is -2.31. The number of imidazole rings is 2. The van der Waals surface area contributed by atoms with Crippen molar-refractivity contribution in [3.8, 4) is 0 Å². The molecule has 0 saturated carbocycles. The van der Waals surface area contributed by atoms with Crippen molar-refractivity contribution in [1.29, 1.82) is 0 Å². The summed E-state index contributed by atoms with van der Waals surface area (Å²) in [5.74, 6) is 1.05. The van der Waals surface area contributed by atoms with Crippen molar-refractivity contribution in [2.24, 2.45) is 0 Å². The van der Waals surface area contributed by atoms with Crippen LogP contribution in [0.4, 0.5) is 0 Å². The fourth-order valence-electron chi connectivity index (χ4n) is 2.20. The SMILES string of the molecule is O=Cc1ccc(S(=O)(=O)N(Cc2ncc[nH]2)Cc2ncc[nH]2)cc1. The van der Waals surface area contributed by atoms with Crippen LogP contribution in [0, 0.1) is 0 Å². The summed E-state index contributed by atoms with van der Waals surface area (Å²) in [4.78, 5) is 24.8. The second-order valence-electron chi connectivity index (χ2n) is 5.03. The van der Waals surface area contributed by atoms with Gasteiger partial charge in [-0.15, -0.1) is 0 Å². The average Bonchev–Trinajstić information content (AvgIpc) is 3.28. The molecule has 0 fully saturated rings. The molecule has 9 heteroatoms. The van der Waals surface area contributed by atoms with Crippen LogP contribution in [0.5, 0.6) is 0 Å². The van der Waals surface area contributed by atoms with Crippen molar-refractivity contribution in [3.05, 3.63) is 66.3 Å². The van der Waals surface area contributed by atoms with Gasteiger partial charge in [0.2, 0.25) is 10.0 Å². The minimum atomic E-state index is -3.78. The number of sulfonamides is 1. The molecule has 0 aliphatic rings. The highest BCUT2D eigenvalue weighted by Gasteiger charge is 2.26. The van der Waals surface area contributed by atoms with Gasteiger partial charge in [0, 0.05) is 30.4 Å². The highest BCUT2D eigenvalue weighted by molar-refractivity contribution is 7.89. The third-order valence-corrected chi connectivity index (χ3v) is 5.22. The second kappa shape index (κ2) is 6.77. The van der Waals surface area contributed by atoms with E-state index in [0.29, 0.717) is 23.5 Å². The summed E-state index contributed by atoms with van der Waals surface area (Å²) in [5, 5.41) is 0. The van der Waals surface area contributed by atoms with Gasteiger partial charge in [-0.3, -0.25) is 4.79 Å². The Morgan fingerprint density at radius 3 is 1.92 bits per heavy atom. The van der Waals surface area contributed by atoms with Crippen LogP contribution >= 0.6 is 0 Å². The van der Waals surface area contributed by atoms with E-state index >= 15 is 0 Å². The number of aromatic amines is 2. The van der Waals surface area contributed by atoms with Crippen molar-refractivity contribution in [1.82, 2.24) is 24.2 Å². The lowest BCUT2D eigenvalue weighted by molar-refractivity contribution is 0.112. The quantitative estimate of drug-likeness (QED) is 0.628. The van der Waals surface area contributed by atoms with E-state index in [2.05, 4.69) is 19.9 Å². The van der Waals surface area contributed by atoms with Gasteiger partial charge in [-0.25, -0.2) is 18.4 Å². The van der Waals surface area contributed by atoms with Crippen molar-refractivity contribution in [2.45, 2.75) is 18.0 Å². The molecule has 0 unspecified atom stereocenters. The summed E-state index contributed by atoms with van der Waals surface area (Å²) in [7, 11) is -3.78. The van der Waals surface area contributed by atoms with Gasteiger partial charge in [-0.2, -0.15) is 4.31 Å². The number of hydrogen-bond acceptors (Lipinski definition) is 5. The number of aromatic nitrogens is 4. The van der Waals surface area contributed by atoms with Gasteiger partial charge in [0.1, 0.15) is 17.9 Å². The lowest BCUT2D eigenvalue weighted by Gasteiger charge is -2.20. The Balaban J connectivity index is 1.93. The molecule has 8 nitrogen and oxygen atoms in total. The normalized spacial score (nSPS) is 11.7. The molecule has 2 heterocycles. The van der Waals surface area contributed by atoms with Crippen LogP contribution in [-0.2, 0) is 23.1 Å². The highest BCUT2D eigenvalue weighted by Crippen LogP contribution is 2.19. The molecule has 0 atom stereocenters. The molecule has 2 aromatic heterocycles. The highest BCUT2D eigenvalue weighted by atomic mass is 32.2. The van der Waals surface area contributed by atoms with Gasteiger partial charge in [0.15, 0.2) is 0 Å². The Bertz CT molecular complexity index is 851. The standard InChI is InChI=1S/C15H15N5O3S/c21-11-12-1-3-13(4-2-12)24(22,23)20(9-14-16-5-6-17-14)10-15-18-7-8-19-15/h1-8,11H,9-10H2,(H,16,17)(H,18,19). The minimum Gasteiger partial charge on any atom is -0.347 e. The molecule has 3 aromatic rings. The third-order valence-electron chi connectivity index (χ3n) is 3.42. The first-order valence-electron chi connectivity index (χ1n) is 7.11. The molecular formula is C15H15N5O3S. The zero-order valence-electron chi connectivity index (χ0n) is 12.6. The van der Waals surface area contributed by atoms with E-state index in [9.17, 15) is 13.2 Å². The Morgan fingerprint density at radius 1 is 0.958 bits per heavy atom. The van der Waals surface area contributed by atoms with Crippen LogP contribution in [0.2, 0.25) is 0 Å². The maximum Gasteiger partial charge on any atom is 0.243 e. The van der Waals surface area contributed by atoms with E-state index in [-0.39, 0.29) is 18.0 Å². The molecule has 0 bridgehead atoms. The third kappa shape index (κ3) is 3.42. The number of carbonyl (C=O) groups excluding carboxylic acids is 1. The number of rotatable bonds is 7. The Morgan fingerprint density at radius 2 is 1.50 bits per heavy atom. The van der Waals surface area contributed by atoms with Crippen molar-refractivity contribution < 1.29 is 13.2 Å².